The van der Waals surface area contributed by atoms with Gasteiger partial charge in [-0.15, -0.1) is 0 Å². The zero-order valence-electron chi connectivity index (χ0n) is 15.8. The molecule has 2 heterocycles. The number of benzene rings is 1. The Morgan fingerprint density at radius 2 is 1.67 bits per heavy atom. The number of hydrogen-bond acceptors (Lipinski definition) is 5. The smallest absolute Gasteiger partial charge is 0.242 e. The minimum atomic E-state index is -0.0970. The zero-order valence-corrected chi connectivity index (χ0v) is 15.8. The minimum Gasteiger partial charge on any atom is -0.338 e. The predicted octanol–water partition coefficient (Wildman–Crippen LogP) is 1.48. The summed E-state index contributed by atoms with van der Waals surface area (Å²) >= 11 is 0. The third-order valence-electron chi connectivity index (χ3n) is 4.73. The van der Waals surface area contributed by atoms with Crippen molar-refractivity contribution in [3.8, 4) is 0 Å². The van der Waals surface area contributed by atoms with Crippen LogP contribution in [0.25, 0.3) is 0 Å². The summed E-state index contributed by atoms with van der Waals surface area (Å²) in [4.78, 5) is 38.7. The predicted molar refractivity (Wildman–Crippen MR) is 103 cm³/mol. The Balaban J connectivity index is 1.55. The minimum absolute atomic E-state index is 0.0223. The molecular formula is C20H25N5O2. The van der Waals surface area contributed by atoms with Crippen molar-refractivity contribution in [1.82, 2.24) is 19.8 Å². The van der Waals surface area contributed by atoms with Crippen molar-refractivity contribution < 1.29 is 9.59 Å². The summed E-state index contributed by atoms with van der Waals surface area (Å²) in [5, 5.41) is 0. The number of nitrogens with zero attached hydrogens (tertiary/aromatic N) is 5. The highest BCUT2D eigenvalue weighted by molar-refractivity contribution is 5.84. The molecule has 0 radical (unpaired) electrons. The van der Waals surface area contributed by atoms with Gasteiger partial charge in [0.25, 0.3) is 0 Å². The topological polar surface area (TPSA) is 69.6 Å². The molecule has 0 spiro atoms. The van der Waals surface area contributed by atoms with Crippen molar-refractivity contribution in [1.29, 1.82) is 0 Å². The molecule has 142 valence electrons. The summed E-state index contributed by atoms with van der Waals surface area (Å²) in [6, 6.07) is 9.80. The van der Waals surface area contributed by atoms with Gasteiger partial charge < -0.3 is 14.7 Å². The van der Waals surface area contributed by atoms with E-state index in [1.165, 1.54) is 12.5 Å². The maximum atomic E-state index is 12.7. The Labute approximate surface area is 159 Å². The van der Waals surface area contributed by atoms with E-state index in [-0.39, 0.29) is 18.4 Å². The Morgan fingerprint density at radius 3 is 2.26 bits per heavy atom. The quantitative estimate of drug-likeness (QED) is 0.801. The van der Waals surface area contributed by atoms with Gasteiger partial charge in [0.2, 0.25) is 17.8 Å². The van der Waals surface area contributed by atoms with Crippen LogP contribution in [0.1, 0.15) is 18.1 Å². The van der Waals surface area contributed by atoms with Crippen LogP contribution in [-0.2, 0) is 16.1 Å². The number of amides is 2. The van der Waals surface area contributed by atoms with Gasteiger partial charge in [-0.2, -0.15) is 0 Å². The molecule has 0 unspecified atom stereocenters. The highest BCUT2D eigenvalue weighted by atomic mass is 16.2. The average molecular weight is 367 g/mol. The molecule has 1 aromatic heterocycles. The van der Waals surface area contributed by atoms with E-state index in [9.17, 15) is 9.59 Å². The third-order valence-corrected chi connectivity index (χ3v) is 4.73. The Morgan fingerprint density at radius 1 is 1.04 bits per heavy atom. The lowest BCUT2D eigenvalue weighted by atomic mass is 10.1. The van der Waals surface area contributed by atoms with Crippen LogP contribution in [0.15, 0.2) is 42.7 Å². The molecule has 0 bridgehead atoms. The molecule has 1 aromatic carbocycles. The van der Waals surface area contributed by atoms with E-state index in [2.05, 4.69) is 14.9 Å². The first-order chi connectivity index (χ1) is 13.0. The molecule has 1 aliphatic heterocycles. The number of aromatic nitrogens is 2. The molecular weight excluding hydrogens is 342 g/mol. The van der Waals surface area contributed by atoms with Gasteiger partial charge in [0, 0.05) is 52.0 Å². The van der Waals surface area contributed by atoms with Gasteiger partial charge in [-0.05, 0) is 18.6 Å². The lowest BCUT2D eigenvalue weighted by molar-refractivity contribution is -0.140. The fourth-order valence-electron chi connectivity index (χ4n) is 3.07. The van der Waals surface area contributed by atoms with Crippen LogP contribution in [0.2, 0.25) is 0 Å². The first-order valence-corrected chi connectivity index (χ1v) is 9.14. The fourth-order valence-corrected chi connectivity index (χ4v) is 3.07. The number of hydrogen-bond donors (Lipinski definition) is 0. The molecule has 2 amide bonds. The van der Waals surface area contributed by atoms with Crippen LogP contribution in [0.4, 0.5) is 5.95 Å². The summed E-state index contributed by atoms with van der Waals surface area (Å²) in [6.45, 7) is 6.66. The summed E-state index contributed by atoms with van der Waals surface area (Å²) in [5.41, 5.74) is 2.19. The largest absolute Gasteiger partial charge is 0.338 e. The second-order valence-electron chi connectivity index (χ2n) is 6.78. The molecule has 1 aliphatic rings. The first-order valence-electron chi connectivity index (χ1n) is 9.14. The van der Waals surface area contributed by atoms with Crippen molar-refractivity contribution in [3.05, 3.63) is 53.9 Å². The van der Waals surface area contributed by atoms with Crippen LogP contribution in [0.3, 0.4) is 0 Å². The van der Waals surface area contributed by atoms with E-state index in [0.29, 0.717) is 38.7 Å². The Hall–Kier alpha value is -2.96. The van der Waals surface area contributed by atoms with Crippen LogP contribution >= 0.6 is 0 Å². The molecule has 0 saturated carbocycles. The molecule has 0 aliphatic carbocycles. The molecule has 1 saturated heterocycles. The molecule has 0 atom stereocenters. The lowest BCUT2D eigenvalue weighted by Gasteiger charge is -2.35. The Kier molecular flexibility index (Phi) is 6.01. The maximum Gasteiger partial charge on any atom is 0.242 e. The molecule has 3 rings (SSSR count). The van der Waals surface area contributed by atoms with Crippen molar-refractivity contribution >= 4 is 17.8 Å². The van der Waals surface area contributed by atoms with Gasteiger partial charge in [-0.1, -0.05) is 29.8 Å². The van der Waals surface area contributed by atoms with Crippen LogP contribution in [0, 0.1) is 6.92 Å². The van der Waals surface area contributed by atoms with Crippen molar-refractivity contribution in [2.24, 2.45) is 0 Å². The van der Waals surface area contributed by atoms with E-state index < -0.39 is 0 Å². The molecule has 1 fully saturated rings. The summed E-state index contributed by atoms with van der Waals surface area (Å²) in [5.74, 6) is 0.570. The van der Waals surface area contributed by atoms with E-state index in [1.54, 1.807) is 23.4 Å². The SMILES string of the molecule is CC(=O)N(CC(=O)N1CCN(c2ncccn2)CC1)Cc1ccc(C)cc1. The second kappa shape index (κ2) is 8.62. The summed E-state index contributed by atoms with van der Waals surface area (Å²) in [7, 11) is 0. The summed E-state index contributed by atoms with van der Waals surface area (Å²) < 4.78 is 0. The maximum absolute atomic E-state index is 12.7. The van der Waals surface area contributed by atoms with Crippen molar-refractivity contribution in [2.45, 2.75) is 20.4 Å². The molecule has 2 aromatic rings. The number of aryl methyl sites for hydroxylation is 1. The third kappa shape index (κ3) is 5.03. The van der Waals surface area contributed by atoms with Gasteiger partial charge in [0.05, 0.1) is 0 Å². The normalized spacial score (nSPS) is 14.1. The van der Waals surface area contributed by atoms with Crippen molar-refractivity contribution in [3.63, 3.8) is 0 Å². The lowest BCUT2D eigenvalue weighted by Crippen LogP contribution is -2.52. The summed E-state index contributed by atoms with van der Waals surface area (Å²) in [6.07, 6.45) is 3.44. The monoisotopic (exact) mass is 367 g/mol. The van der Waals surface area contributed by atoms with Crippen molar-refractivity contribution in [2.75, 3.05) is 37.6 Å². The van der Waals surface area contributed by atoms with Gasteiger partial charge in [0.1, 0.15) is 6.54 Å². The van der Waals surface area contributed by atoms with Gasteiger partial charge in [-0.25, -0.2) is 9.97 Å². The number of rotatable bonds is 5. The van der Waals surface area contributed by atoms with E-state index in [1.807, 2.05) is 36.1 Å². The number of carbonyl (C=O) groups is 2. The molecule has 27 heavy (non-hydrogen) atoms. The average Bonchev–Trinajstić information content (AvgIpc) is 2.69. The zero-order chi connectivity index (χ0) is 19.2. The van der Waals surface area contributed by atoms with E-state index in [4.69, 9.17) is 0 Å². The number of carbonyl (C=O) groups excluding carboxylic acids is 2. The van der Waals surface area contributed by atoms with Crippen LogP contribution in [-0.4, -0.2) is 64.3 Å². The molecule has 7 heteroatoms. The van der Waals surface area contributed by atoms with Gasteiger partial charge in [-0.3, -0.25) is 9.59 Å². The number of anilines is 1. The van der Waals surface area contributed by atoms with E-state index in [0.717, 1.165) is 5.56 Å². The second-order valence-corrected chi connectivity index (χ2v) is 6.78. The Bertz CT molecular complexity index is 771. The van der Waals surface area contributed by atoms with Crippen LogP contribution in [0.5, 0.6) is 0 Å². The highest BCUT2D eigenvalue weighted by Crippen LogP contribution is 2.11. The highest BCUT2D eigenvalue weighted by Gasteiger charge is 2.24. The standard InChI is InChI=1S/C20H25N5O2/c1-16-4-6-18(7-5-16)14-25(17(2)26)15-19(27)23-10-12-24(13-11-23)20-21-8-3-9-22-20/h3-9H,10-15H2,1-2H3. The first kappa shape index (κ1) is 18.8. The fraction of sp³-hybridized carbons (Fsp3) is 0.400. The molecule has 0 N–H and O–H groups in total. The van der Waals surface area contributed by atoms with E-state index >= 15 is 0 Å². The van der Waals surface area contributed by atoms with Gasteiger partial charge >= 0.3 is 0 Å². The molecule has 7 nitrogen and oxygen atoms in total. The van der Waals surface area contributed by atoms with Crippen LogP contribution < -0.4 is 4.90 Å². The number of piperazine rings is 1. The van der Waals surface area contributed by atoms with Gasteiger partial charge in [0.15, 0.2) is 0 Å².